The molecule has 4 heterocycles. The summed E-state index contributed by atoms with van der Waals surface area (Å²) in [7, 11) is 0. The Hall–Kier alpha value is -7.18. The Bertz CT molecular complexity index is 2530. The van der Waals surface area contributed by atoms with Crippen LogP contribution in [0.5, 0.6) is 0 Å². The van der Waals surface area contributed by atoms with Crippen LogP contribution in [0.4, 0.5) is 0 Å². The first-order valence-corrected chi connectivity index (χ1v) is 17.1. The smallest absolute Gasteiger partial charge is 0.164 e. The molecule has 0 amide bonds. The molecule has 6 heteroatoms. The van der Waals surface area contributed by atoms with E-state index in [1.54, 1.807) is 12.4 Å². The summed E-state index contributed by atoms with van der Waals surface area (Å²) in [6.07, 6.45) is 3.58. The molecule has 0 bridgehead atoms. The van der Waals surface area contributed by atoms with Crippen LogP contribution in [0.1, 0.15) is 0 Å². The molecule has 0 aliphatic heterocycles. The average Bonchev–Trinajstić information content (AvgIpc) is 3.24. The third-order valence-corrected chi connectivity index (χ3v) is 9.07. The summed E-state index contributed by atoms with van der Waals surface area (Å²) in [5, 5.41) is 2.19. The van der Waals surface area contributed by atoms with Crippen molar-refractivity contribution in [2.24, 2.45) is 0 Å². The minimum atomic E-state index is 0.635. The predicted octanol–water partition coefficient (Wildman–Crippen LogP) is 10.9. The molecular formula is C46H30N6. The molecule has 0 aliphatic carbocycles. The van der Waals surface area contributed by atoms with Crippen molar-refractivity contribution in [3.63, 3.8) is 0 Å². The van der Waals surface area contributed by atoms with E-state index in [4.69, 9.17) is 19.9 Å². The monoisotopic (exact) mass is 666 g/mol. The van der Waals surface area contributed by atoms with Gasteiger partial charge in [-0.1, -0.05) is 127 Å². The van der Waals surface area contributed by atoms with Crippen molar-refractivity contribution in [1.82, 2.24) is 29.9 Å². The van der Waals surface area contributed by atoms with Gasteiger partial charge in [0.25, 0.3) is 0 Å². The largest absolute Gasteiger partial charge is 0.255 e. The molecule has 0 saturated heterocycles. The Kier molecular flexibility index (Phi) is 8.08. The first-order valence-electron chi connectivity index (χ1n) is 17.1. The third kappa shape index (κ3) is 6.10. The number of hydrogen-bond donors (Lipinski definition) is 0. The van der Waals surface area contributed by atoms with Crippen molar-refractivity contribution in [3.8, 4) is 79.2 Å². The molecule has 0 aliphatic rings. The van der Waals surface area contributed by atoms with Gasteiger partial charge in [0, 0.05) is 29.1 Å². The Balaban J connectivity index is 1.13. The van der Waals surface area contributed by atoms with Gasteiger partial charge in [0.1, 0.15) is 0 Å². The van der Waals surface area contributed by atoms with Crippen LogP contribution >= 0.6 is 0 Å². The lowest BCUT2D eigenvalue weighted by molar-refractivity contribution is 1.08. The van der Waals surface area contributed by atoms with Crippen LogP contribution in [0.2, 0.25) is 0 Å². The predicted molar refractivity (Wildman–Crippen MR) is 209 cm³/mol. The number of pyridine rings is 3. The number of nitrogens with zero attached hydrogens (tertiary/aromatic N) is 6. The number of hydrogen-bond acceptors (Lipinski definition) is 6. The van der Waals surface area contributed by atoms with Crippen LogP contribution in [0.15, 0.2) is 182 Å². The van der Waals surface area contributed by atoms with E-state index in [1.165, 1.54) is 0 Å². The number of benzene rings is 5. The normalized spacial score (nSPS) is 11.1. The summed E-state index contributed by atoms with van der Waals surface area (Å²) in [5.41, 5.74) is 10.4. The van der Waals surface area contributed by atoms with Crippen LogP contribution in [0.25, 0.3) is 90.0 Å². The summed E-state index contributed by atoms with van der Waals surface area (Å²) < 4.78 is 0. The molecule has 52 heavy (non-hydrogen) atoms. The SMILES string of the molecule is c1ccc(-c2nc(-c3ccccc3)nc(-c3ccc(-c4ccc(-c5cc(-c6ccccn6)nc(-c6ccccn6)c5)cc4)c4ccccc34)n2)cc1. The second-order valence-corrected chi connectivity index (χ2v) is 12.4. The minimum Gasteiger partial charge on any atom is -0.255 e. The molecule has 244 valence electrons. The molecule has 0 unspecified atom stereocenters. The Labute approximate surface area is 301 Å². The van der Waals surface area contributed by atoms with Gasteiger partial charge in [0.05, 0.1) is 22.8 Å². The summed E-state index contributed by atoms with van der Waals surface area (Å²) in [6, 6.07) is 57.5. The van der Waals surface area contributed by atoms with Crippen molar-refractivity contribution in [3.05, 3.63) is 182 Å². The highest BCUT2D eigenvalue weighted by Crippen LogP contribution is 2.37. The van der Waals surface area contributed by atoms with Gasteiger partial charge in [0.2, 0.25) is 0 Å². The van der Waals surface area contributed by atoms with E-state index in [0.717, 1.165) is 72.5 Å². The van der Waals surface area contributed by atoms with Crippen LogP contribution in [-0.4, -0.2) is 29.9 Å². The highest BCUT2D eigenvalue weighted by molar-refractivity contribution is 6.04. The lowest BCUT2D eigenvalue weighted by atomic mass is 9.93. The number of aromatic nitrogens is 6. The zero-order chi connectivity index (χ0) is 34.7. The summed E-state index contributed by atoms with van der Waals surface area (Å²) in [5.74, 6) is 1.92. The van der Waals surface area contributed by atoms with Crippen LogP contribution in [0, 0.1) is 0 Å². The third-order valence-electron chi connectivity index (χ3n) is 9.07. The van der Waals surface area contributed by atoms with E-state index in [-0.39, 0.29) is 0 Å². The van der Waals surface area contributed by atoms with Crippen molar-refractivity contribution in [1.29, 1.82) is 0 Å². The molecule has 0 fully saturated rings. The van der Waals surface area contributed by atoms with E-state index >= 15 is 0 Å². The molecule has 0 N–H and O–H groups in total. The van der Waals surface area contributed by atoms with Gasteiger partial charge < -0.3 is 0 Å². The van der Waals surface area contributed by atoms with Crippen LogP contribution in [-0.2, 0) is 0 Å². The van der Waals surface area contributed by atoms with Gasteiger partial charge in [0.15, 0.2) is 17.5 Å². The lowest BCUT2D eigenvalue weighted by Crippen LogP contribution is -2.00. The molecule has 0 spiro atoms. The highest BCUT2D eigenvalue weighted by Gasteiger charge is 2.16. The zero-order valence-electron chi connectivity index (χ0n) is 28.0. The van der Waals surface area contributed by atoms with Crippen LogP contribution < -0.4 is 0 Å². The second-order valence-electron chi connectivity index (χ2n) is 12.4. The summed E-state index contributed by atoms with van der Waals surface area (Å²) >= 11 is 0. The Morgan fingerprint density at radius 3 is 1.27 bits per heavy atom. The molecule has 0 saturated carbocycles. The maximum Gasteiger partial charge on any atom is 0.164 e. The first kappa shape index (κ1) is 30.8. The molecule has 9 rings (SSSR count). The molecule has 5 aromatic carbocycles. The van der Waals surface area contributed by atoms with Gasteiger partial charge in [-0.2, -0.15) is 0 Å². The van der Waals surface area contributed by atoms with Crippen molar-refractivity contribution in [2.75, 3.05) is 0 Å². The van der Waals surface area contributed by atoms with Gasteiger partial charge in [-0.25, -0.2) is 19.9 Å². The average molecular weight is 667 g/mol. The van der Waals surface area contributed by atoms with Crippen LogP contribution in [0.3, 0.4) is 0 Å². The summed E-state index contributed by atoms with van der Waals surface area (Å²) in [4.78, 5) is 29.0. The summed E-state index contributed by atoms with van der Waals surface area (Å²) in [6.45, 7) is 0. The minimum absolute atomic E-state index is 0.635. The quantitative estimate of drug-likeness (QED) is 0.168. The molecular weight excluding hydrogens is 637 g/mol. The number of rotatable bonds is 7. The fourth-order valence-corrected chi connectivity index (χ4v) is 6.51. The maximum atomic E-state index is 5.02. The van der Waals surface area contributed by atoms with Gasteiger partial charge in [-0.15, -0.1) is 0 Å². The van der Waals surface area contributed by atoms with Crippen molar-refractivity contribution in [2.45, 2.75) is 0 Å². The van der Waals surface area contributed by atoms with E-state index < -0.39 is 0 Å². The Morgan fingerprint density at radius 2 is 0.731 bits per heavy atom. The zero-order valence-corrected chi connectivity index (χ0v) is 28.0. The van der Waals surface area contributed by atoms with Gasteiger partial charge in [-0.05, 0) is 75.5 Å². The second kappa shape index (κ2) is 13.6. The fraction of sp³-hybridized carbons (Fsp3) is 0. The van der Waals surface area contributed by atoms with E-state index in [9.17, 15) is 0 Å². The molecule has 0 radical (unpaired) electrons. The topological polar surface area (TPSA) is 77.3 Å². The highest BCUT2D eigenvalue weighted by atomic mass is 15.0. The van der Waals surface area contributed by atoms with Gasteiger partial charge in [-0.3, -0.25) is 9.97 Å². The van der Waals surface area contributed by atoms with Crippen molar-refractivity contribution >= 4 is 10.8 Å². The lowest BCUT2D eigenvalue weighted by Gasteiger charge is -2.14. The molecule has 4 aromatic heterocycles. The van der Waals surface area contributed by atoms with E-state index in [1.807, 2.05) is 97.1 Å². The molecule has 6 nitrogen and oxygen atoms in total. The molecule has 0 atom stereocenters. The fourth-order valence-electron chi connectivity index (χ4n) is 6.51. The van der Waals surface area contributed by atoms with E-state index in [2.05, 4.69) is 82.8 Å². The van der Waals surface area contributed by atoms with E-state index in [0.29, 0.717) is 17.5 Å². The molecule has 9 aromatic rings. The maximum absolute atomic E-state index is 5.02. The number of fused-ring (bicyclic) bond motifs is 1. The van der Waals surface area contributed by atoms with Crippen molar-refractivity contribution < 1.29 is 0 Å². The Morgan fingerprint density at radius 1 is 0.269 bits per heavy atom. The first-order chi connectivity index (χ1) is 25.8. The standard InChI is InChI=1S/C46H30N6/c1-3-13-33(14-4-1)44-50-45(34-15-5-2-6-16-34)52-46(51-44)39-26-25-36(37-17-7-8-18-38(37)39)32-23-21-31(22-24-32)35-29-42(40-19-9-11-27-47-40)49-43(30-35)41-20-10-12-28-48-41/h1-30H. The van der Waals surface area contributed by atoms with Gasteiger partial charge >= 0.3 is 0 Å².